The molecule has 2 N–H and O–H groups in total. The summed E-state index contributed by atoms with van der Waals surface area (Å²) >= 11 is 5.97. The molecule has 0 unspecified atom stereocenters. The van der Waals surface area contributed by atoms with Crippen LogP contribution in [0.4, 0.5) is 15.8 Å². The first-order chi connectivity index (χ1) is 16.4. The zero-order chi connectivity index (χ0) is 23.8. The van der Waals surface area contributed by atoms with Crippen LogP contribution < -0.4 is 15.0 Å². The minimum Gasteiger partial charge on any atom is -0.467 e. The smallest absolute Gasteiger partial charge is 0.281 e. The van der Waals surface area contributed by atoms with Gasteiger partial charge in [-0.05, 0) is 48.5 Å². The second-order valence-electron chi connectivity index (χ2n) is 7.70. The fourth-order valence-electron chi connectivity index (χ4n) is 4.02. The number of halogens is 2. The van der Waals surface area contributed by atoms with Crippen molar-refractivity contribution >= 4 is 40.5 Å². The lowest BCUT2D eigenvalue weighted by molar-refractivity contribution is -0.112. The molecule has 0 spiro atoms. The Morgan fingerprint density at radius 1 is 1.21 bits per heavy atom. The van der Waals surface area contributed by atoms with Gasteiger partial charge in [-0.15, -0.1) is 0 Å². The number of anilines is 2. The molecular formula is C24H17ClFN3O5. The number of nitrogens with one attached hydrogen (secondary N) is 1. The minimum atomic E-state index is -0.569. The molecule has 0 atom stereocenters. The van der Waals surface area contributed by atoms with E-state index in [1.807, 2.05) is 0 Å². The van der Waals surface area contributed by atoms with Crippen molar-refractivity contribution in [1.29, 1.82) is 0 Å². The summed E-state index contributed by atoms with van der Waals surface area (Å²) in [5.41, 5.74) is 2.36. The first-order valence-corrected chi connectivity index (χ1v) is 10.6. The van der Waals surface area contributed by atoms with Gasteiger partial charge in [-0.25, -0.2) is 4.39 Å². The minimum absolute atomic E-state index is 0.0131. The summed E-state index contributed by atoms with van der Waals surface area (Å²) in [6.45, 7) is 0.156. The molecule has 0 aromatic heterocycles. The Hall–Kier alpha value is -3.95. The highest BCUT2D eigenvalue weighted by Gasteiger charge is 2.36. The molecule has 34 heavy (non-hydrogen) atoms. The predicted molar refractivity (Wildman–Crippen MR) is 122 cm³/mol. The molecule has 2 aliphatic heterocycles. The van der Waals surface area contributed by atoms with Gasteiger partial charge in [0.05, 0.1) is 18.8 Å². The van der Waals surface area contributed by atoms with E-state index < -0.39 is 11.7 Å². The second-order valence-corrected chi connectivity index (χ2v) is 8.14. The maximum Gasteiger partial charge on any atom is 0.281 e. The van der Waals surface area contributed by atoms with Crippen molar-refractivity contribution in [2.75, 3.05) is 17.0 Å². The third kappa shape index (κ3) is 3.95. The van der Waals surface area contributed by atoms with Gasteiger partial charge in [0, 0.05) is 33.0 Å². The Morgan fingerprint density at radius 3 is 2.85 bits per heavy atom. The van der Waals surface area contributed by atoms with Crippen LogP contribution in [0.15, 0.2) is 59.8 Å². The van der Waals surface area contributed by atoms with Crippen LogP contribution in [0.1, 0.15) is 27.0 Å². The van der Waals surface area contributed by atoms with Crippen molar-refractivity contribution in [3.05, 3.63) is 87.7 Å². The summed E-state index contributed by atoms with van der Waals surface area (Å²) in [6.07, 6.45) is 0. The maximum atomic E-state index is 14.2. The maximum absolute atomic E-state index is 14.2. The number of benzene rings is 3. The summed E-state index contributed by atoms with van der Waals surface area (Å²) in [4.78, 5) is 27.0. The van der Waals surface area contributed by atoms with E-state index in [-0.39, 0.29) is 31.6 Å². The van der Waals surface area contributed by atoms with E-state index in [1.54, 1.807) is 36.4 Å². The van der Waals surface area contributed by atoms with Crippen molar-refractivity contribution in [3.8, 4) is 5.75 Å². The second kappa shape index (κ2) is 8.77. The lowest BCUT2D eigenvalue weighted by atomic mass is 10.1. The average Bonchev–Trinajstić information content (AvgIpc) is 3.09. The van der Waals surface area contributed by atoms with Gasteiger partial charge in [-0.3, -0.25) is 9.59 Å². The van der Waals surface area contributed by atoms with Crippen LogP contribution in [0, 0.1) is 5.82 Å². The van der Waals surface area contributed by atoms with Crippen LogP contribution in [-0.4, -0.2) is 29.5 Å². The number of fused-ring (bicyclic) bond motifs is 2. The van der Waals surface area contributed by atoms with Crippen LogP contribution in [0.2, 0.25) is 5.02 Å². The van der Waals surface area contributed by atoms with Gasteiger partial charge in [-0.2, -0.15) is 0 Å². The molecule has 3 aromatic carbocycles. The largest absolute Gasteiger partial charge is 0.467 e. The SMILES string of the molecule is O=C(Nc1ccc2c(c1)N(Cc1cc(F)cc3c1OCOC3)C(=O)/C2=N\O)c1cccc(Cl)c1. The fraction of sp³-hybridized carbons (Fsp3) is 0.125. The highest BCUT2D eigenvalue weighted by Crippen LogP contribution is 2.37. The molecule has 172 valence electrons. The van der Waals surface area contributed by atoms with Crippen molar-refractivity contribution in [2.45, 2.75) is 13.2 Å². The summed E-state index contributed by atoms with van der Waals surface area (Å²) in [5, 5.41) is 15.8. The molecule has 0 fully saturated rings. The number of hydrogen-bond acceptors (Lipinski definition) is 6. The molecule has 2 amide bonds. The Balaban J connectivity index is 1.49. The quantitative estimate of drug-likeness (QED) is 0.427. The van der Waals surface area contributed by atoms with Gasteiger partial charge >= 0.3 is 0 Å². The Kier molecular flexibility index (Phi) is 5.64. The topological polar surface area (TPSA) is 100 Å². The summed E-state index contributed by atoms with van der Waals surface area (Å²) in [6, 6.07) is 13.8. The van der Waals surface area contributed by atoms with Gasteiger partial charge in [-0.1, -0.05) is 22.8 Å². The van der Waals surface area contributed by atoms with Gasteiger partial charge in [0.2, 0.25) is 0 Å². The number of rotatable bonds is 4. The van der Waals surface area contributed by atoms with Gasteiger partial charge < -0.3 is 24.9 Å². The summed E-state index contributed by atoms with van der Waals surface area (Å²) < 4.78 is 25.0. The summed E-state index contributed by atoms with van der Waals surface area (Å²) in [7, 11) is 0. The molecule has 10 heteroatoms. The fourth-order valence-corrected chi connectivity index (χ4v) is 4.21. The van der Waals surface area contributed by atoms with E-state index in [0.29, 0.717) is 44.4 Å². The Bertz CT molecular complexity index is 1360. The third-order valence-electron chi connectivity index (χ3n) is 5.52. The molecule has 2 aliphatic rings. The number of amides is 2. The monoisotopic (exact) mass is 481 g/mol. The number of ether oxygens (including phenoxy) is 2. The lowest BCUT2D eigenvalue weighted by Crippen LogP contribution is -2.30. The molecule has 2 heterocycles. The van der Waals surface area contributed by atoms with E-state index >= 15 is 0 Å². The van der Waals surface area contributed by atoms with E-state index in [2.05, 4.69) is 10.5 Å². The molecule has 0 saturated carbocycles. The van der Waals surface area contributed by atoms with Crippen LogP contribution in [0.5, 0.6) is 5.75 Å². The molecular weight excluding hydrogens is 465 g/mol. The van der Waals surface area contributed by atoms with Crippen LogP contribution >= 0.6 is 11.6 Å². The van der Waals surface area contributed by atoms with Crippen LogP contribution in [0.25, 0.3) is 0 Å². The van der Waals surface area contributed by atoms with Crippen molar-refractivity contribution in [3.63, 3.8) is 0 Å². The van der Waals surface area contributed by atoms with Gasteiger partial charge in [0.15, 0.2) is 12.5 Å². The first-order valence-electron chi connectivity index (χ1n) is 10.2. The van der Waals surface area contributed by atoms with E-state index in [9.17, 15) is 19.2 Å². The van der Waals surface area contributed by atoms with E-state index in [1.165, 1.54) is 23.1 Å². The standard InChI is InChI=1S/C24H17ClFN3O5/c25-16-3-1-2-13(6-16)23(30)27-18-4-5-19-20(9-18)29(24(31)21(19)28-32)10-14-7-17(26)8-15-11-33-12-34-22(14)15/h1-9,32H,10-12H2,(H,27,30)/b28-21-. The van der Waals surface area contributed by atoms with Crippen molar-refractivity contribution in [1.82, 2.24) is 0 Å². The zero-order valence-corrected chi connectivity index (χ0v) is 18.3. The molecule has 5 rings (SSSR count). The average molecular weight is 482 g/mol. The Labute approximate surface area is 198 Å². The number of carbonyl (C=O) groups excluding carboxylic acids is 2. The normalized spacial score (nSPS) is 15.6. The molecule has 3 aromatic rings. The lowest BCUT2D eigenvalue weighted by Gasteiger charge is -2.24. The predicted octanol–water partition coefficient (Wildman–Crippen LogP) is 4.32. The third-order valence-corrected chi connectivity index (χ3v) is 5.75. The molecule has 8 nitrogen and oxygen atoms in total. The molecule has 0 saturated heterocycles. The molecule has 0 radical (unpaired) electrons. The van der Waals surface area contributed by atoms with Crippen LogP contribution in [-0.2, 0) is 22.7 Å². The van der Waals surface area contributed by atoms with E-state index in [4.69, 9.17) is 21.1 Å². The molecule has 0 bridgehead atoms. The highest BCUT2D eigenvalue weighted by molar-refractivity contribution is 6.54. The number of nitrogens with zero attached hydrogens (tertiary/aromatic N) is 2. The van der Waals surface area contributed by atoms with Crippen molar-refractivity contribution in [2.24, 2.45) is 5.16 Å². The van der Waals surface area contributed by atoms with Crippen LogP contribution in [0.3, 0.4) is 0 Å². The van der Waals surface area contributed by atoms with E-state index in [0.717, 1.165) is 0 Å². The van der Waals surface area contributed by atoms with Gasteiger partial charge in [0.1, 0.15) is 11.6 Å². The number of carbonyl (C=O) groups is 2. The Morgan fingerprint density at radius 2 is 2.06 bits per heavy atom. The highest BCUT2D eigenvalue weighted by atomic mass is 35.5. The first kappa shape index (κ1) is 21.9. The summed E-state index contributed by atoms with van der Waals surface area (Å²) in [5.74, 6) is -1.00. The number of hydrogen-bond donors (Lipinski definition) is 2. The zero-order valence-electron chi connectivity index (χ0n) is 17.5. The van der Waals surface area contributed by atoms with Crippen molar-refractivity contribution < 1.29 is 28.7 Å². The van der Waals surface area contributed by atoms with Gasteiger partial charge in [0.25, 0.3) is 11.8 Å². The molecule has 0 aliphatic carbocycles. The number of oxime groups is 1.